The topological polar surface area (TPSA) is 104 Å². The van der Waals surface area contributed by atoms with Gasteiger partial charge in [-0.2, -0.15) is 5.10 Å². The van der Waals surface area contributed by atoms with E-state index < -0.39 is 0 Å². The standard InChI is InChI=1S/C19H24N6O2/c1-19(2)7-5-14(11-19)16(24-27)4-3-8-20-12-18(26)23-15-6-9-25-17(10-15)21-13-22-25/h3-6,9-10,13,20,27H,7-8,11-12H2,1-2H3,(H,23,26)/b4-3-,24-16+. The van der Waals surface area contributed by atoms with E-state index in [-0.39, 0.29) is 17.9 Å². The van der Waals surface area contributed by atoms with Crippen molar-refractivity contribution in [2.75, 3.05) is 18.4 Å². The summed E-state index contributed by atoms with van der Waals surface area (Å²) in [6.07, 6.45) is 10.8. The molecule has 0 fully saturated rings. The molecule has 1 aliphatic rings. The largest absolute Gasteiger partial charge is 0.410 e. The Hall–Kier alpha value is -3.00. The molecule has 0 saturated heterocycles. The van der Waals surface area contributed by atoms with Gasteiger partial charge in [0.15, 0.2) is 5.65 Å². The number of rotatable bonds is 7. The molecule has 0 unspecified atom stereocenters. The SMILES string of the molecule is CC1(C)CC=C(C(/C=C\CNCC(=O)Nc2ccn3ncnc3c2)=N/O)C1. The van der Waals surface area contributed by atoms with Gasteiger partial charge < -0.3 is 15.8 Å². The van der Waals surface area contributed by atoms with Gasteiger partial charge in [-0.3, -0.25) is 4.79 Å². The number of nitrogens with one attached hydrogen (secondary N) is 2. The second-order valence-electron chi connectivity index (χ2n) is 7.32. The molecule has 0 bridgehead atoms. The lowest BCUT2D eigenvalue weighted by Gasteiger charge is -2.16. The van der Waals surface area contributed by atoms with Crippen LogP contribution in [0.25, 0.3) is 5.65 Å². The van der Waals surface area contributed by atoms with Gasteiger partial charge in [-0.1, -0.05) is 31.2 Å². The number of allylic oxidation sites excluding steroid dienone is 3. The minimum Gasteiger partial charge on any atom is -0.410 e. The second-order valence-corrected chi connectivity index (χ2v) is 7.32. The molecule has 1 amide bonds. The summed E-state index contributed by atoms with van der Waals surface area (Å²) in [5, 5.41) is 22.5. The van der Waals surface area contributed by atoms with Crippen molar-refractivity contribution in [1.82, 2.24) is 19.9 Å². The quantitative estimate of drug-likeness (QED) is 0.301. The summed E-state index contributed by atoms with van der Waals surface area (Å²) in [7, 11) is 0. The van der Waals surface area contributed by atoms with Crippen molar-refractivity contribution in [2.45, 2.75) is 26.7 Å². The maximum absolute atomic E-state index is 12.0. The van der Waals surface area contributed by atoms with Crippen molar-refractivity contribution in [3.8, 4) is 0 Å². The molecule has 0 aromatic carbocycles. The first-order chi connectivity index (χ1) is 13.0. The van der Waals surface area contributed by atoms with Gasteiger partial charge in [-0.25, -0.2) is 9.50 Å². The summed E-state index contributed by atoms with van der Waals surface area (Å²) in [6, 6.07) is 3.52. The molecule has 3 N–H and O–H groups in total. The van der Waals surface area contributed by atoms with Crippen molar-refractivity contribution in [3.05, 3.63) is 48.5 Å². The van der Waals surface area contributed by atoms with E-state index in [1.807, 2.05) is 6.08 Å². The Balaban J connectivity index is 1.42. The van der Waals surface area contributed by atoms with Crippen molar-refractivity contribution in [1.29, 1.82) is 0 Å². The third-order valence-corrected chi connectivity index (χ3v) is 4.39. The first-order valence-corrected chi connectivity index (χ1v) is 8.85. The van der Waals surface area contributed by atoms with E-state index >= 15 is 0 Å². The molecule has 2 aromatic rings. The van der Waals surface area contributed by atoms with E-state index in [0.717, 1.165) is 18.4 Å². The fourth-order valence-electron chi connectivity index (χ4n) is 3.00. The van der Waals surface area contributed by atoms with E-state index in [1.54, 1.807) is 28.9 Å². The Labute approximate surface area is 157 Å². The third kappa shape index (κ3) is 5.01. The van der Waals surface area contributed by atoms with E-state index in [1.165, 1.54) is 6.33 Å². The molecule has 0 spiro atoms. The average Bonchev–Trinajstić information content (AvgIpc) is 3.23. The first kappa shape index (κ1) is 18.8. The number of hydrogen-bond acceptors (Lipinski definition) is 6. The number of hydrogen-bond donors (Lipinski definition) is 3. The minimum atomic E-state index is -0.149. The number of aromatic nitrogens is 3. The van der Waals surface area contributed by atoms with E-state index in [4.69, 9.17) is 0 Å². The number of fused-ring (bicyclic) bond motifs is 1. The molecule has 0 saturated carbocycles. The molecule has 8 nitrogen and oxygen atoms in total. The fourth-order valence-corrected chi connectivity index (χ4v) is 3.00. The van der Waals surface area contributed by atoms with Gasteiger partial charge in [0.25, 0.3) is 0 Å². The second kappa shape index (κ2) is 8.13. The Bertz CT molecular complexity index is 910. The minimum absolute atomic E-state index is 0.149. The molecular formula is C19H24N6O2. The molecule has 2 heterocycles. The average molecular weight is 368 g/mol. The number of anilines is 1. The fraction of sp³-hybridized carbons (Fsp3) is 0.368. The Morgan fingerprint density at radius 1 is 1.48 bits per heavy atom. The summed E-state index contributed by atoms with van der Waals surface area (Å²) in [5.41, 5.74) is 3.19. The summed E-state index contributed by atoms with van der Waals surface area (Å²) in [6.45, 7) is 5.04. The first-order valence-electron chi connectivity index (χ1n) is 8.85. The Kier molecular flexibility index (Phi) is 5.66. The highest BCUT2D eigenvalue weighted by Crippen LogP contribution is 2.36. The molecule has 3 rings (SSSR count). The molecular weight excluding hydrogens is 344 g/mol. The smallest absolute Gasteiger partial charge is 0.238 e. The zero-order chi connectivity index (χ0) is 19.3. The van der Waals surface area contributed by atoms with E-state index in [9.17, 15) is 10.0 Å². The number of carbonyl (C=O) groups excluding carboxylic acids is 1. The monoisotopic (exact) mass is 368 g/mol. The van der Waals surface area contributed by atoms with Crippen LogP contribution in [0, 0.1) is 5.41 Å². The van der Waals surface area contributed by atoms with Crippen LogP contribution in [-0.2, 0) is 4.79 Å². The van der Waals surface area contributed by atoms with Crippen molar-refractivity contribution >= 4 is 23.0 Å². The van der Waals surface area contributed by atoms with Crippen molar-refractivity contribution < 1.29 is 10.0 Å². The summed E-state index contributed by atoms with van der Waals surface area (Å²) in [5.74, 6) is -0.149. The van der Waals surface area contributed by atoms with Crippen LogP contribution in [0.15, 0.2) is 53.6 Å². The molecule has 8 heteroatoms. The van der Waals surface area contributed by atoms with Crippen molar-refractivity contribution in [3.63, 3.8) is 0 Å². The van der Waals surface area contributed by atoms with E-state index in [2.05, 4.69) is 45.8 Å². The lowest BCUT2D eigenvalue weighted by molar-refractivity contribution is -0.115. The Morgan fingerprint density at radius 2 is 2.33 bits per heavy atom. The predicted molar refractivity (Wildman–Crippen MR) is 104 cm³/mol. The van der Waals surface area contributed by atoms with Gasteiger partial charge in [-0.05, 0) is 36.0 Å². The summed E-state index contributed by atoms with van der Waals surface area (Å²) < 4.78 is 1.62. The summed E-state index contributed by atoms with van der Waals surface area (Å²) in [4.78, 5) is 16.1. The molecule has 142 valence electrons. The van der Waals surface area contributed by atoms with Crippen LogP contribution in [0.5, 0.6) is 0 Å². The van der Waals surface area contributed by atoms with Gasteiger partial charge in [-0.15, -0.1) is 0 Å². The number of pyridine rings is 1. The zero-order valence-electron chi connectivity index (χ0n) is 15.5. The lowest BCUT2D eigenvalue weighted by atomic mass is 9.89. The van der Waals surface area contributed by atoms with Crippen LogP contribution in [-0.4, -0.2) is 44.5 Å². The highest BCUT2D eigenvalue weighted by molar-refractivity contribution is 6.08. The predicted octanol–water partition coefficient (Wildman–Crippen LogP) is 2.39. The van der Waals surface area contributed by atoms with Gasteiger partial charge >= 0.3 is 0 Å². The van der Waals surface area contributed by atoms with E-state index in [0.29, 0.717) is 23.6 Å². The van der Waals surface area contributed by atoms with Crippen LogP contribution >= 0.6 is 0 Å². The summed E-state index contributed by atoms with van der Waals surface area (Å²) >= 11 is 0. The molecule has 0 radical (unpaired) electrons. The van der Waals surface area contributed by atoms with Gasteiger partial charge in [0, 0.05) is 24.5 Å². The third-order valence-electron chi connectivity index (χ3n) is 4.39. The maximum atomic E-state index is 12.0. The van der Waals surface area contributed by atoms with Gasteiger partial charge in [0.1, 0.15) is 12.0 Å². The molecule has 0 atom stereocenters. The normalized spacial score (nSPS) is 16.8. The maximum Gasteiger partial charge on any atom is 0.238 e. The number of oxime groups is 1. The Morgan fingerprint density at radius 3 is 3.07 bits per heavy atom. The zero-order valence-corrected chi connectivity index (χ0v) is 15.5. The highest BCUT2D eigenvalue weighted by Gasteiger charge is 2.26. The van der Waals surface area contributed by atoms with Crippen molar-refractivity contribution in [2.24, 2.45) is 10.6 Å². The van der Waals surface area contributed by atoms with Crippen LogP contribution in [0.3, 0.4) is 0 Å². The van der Waals surface area contributed by atoms with Crippen LogP contribution < -0.4 is 10.6 Å². The van der Waals surface area contributed by atoms with Crippen LogP contribution in [0.2, 0.25) is 0 Å². The number of amides is 1. The van der Waals surface area contributed by atoms with Crippen LogP contribution in [0.1, 0.15) is 26.7 Å². The molecule has 0 aliphatic heterocycles. The number of carbonyl (C=O) groups is 1. The van der Waals surface area contributed by atoms with Crippen LogP contribution in [0.4, 0.5) is 5.69 Å². The van der Waals surface area contributed by atoms with Gasteiger partial charge in [0.05, 0.1) is 6.54 Å². The molecule has 2 aromatic heterocycles. The molecule has 27 heavy (non-hydrogen) atoms. The highest BCUT2D eigenvalue weighted by atomic mass is 16.4. The van der Waals surface area contributed by atoms with Gasteiger partial charge in [0.2, 0.25) is 5.91 Å². The lowest BCUT2D eigenvalue weighted by Crippen LogP contribution is -2.28. The number of nitrogens with zero attached hydrogens (tertiary/aromatic N) is 4. The molecule has 1 aliphatic carbocycles.